The normalized spacial score (nSPS) is 25.1. The third-order valence-electron chi connectivity index (χ3n) is 6.04. The number of para-hydroxylation sites is 1. The van der Waals surface area contributed by atoms with E-state index in [0.717, 1.165) is 0 Å². The van der Waals surface area contributed by atoms with Crippen LogP contribution in [0.25, 0.3) is 11.2 Å². The lowest BCUT2D eigenvalue weighted by molar-refractivity contribution is -0.149. The Hall–Kier alpha value is -2.91. The van der Waals surface area contributed by atoms with Crippen molar-refractivity contribution in [3.05, 3.63) is 36.7 Å². The van der Waals surface area contributed by atoms with E-state index in [9.17, 15) is 15.0 Å². The van der Waals surface area contributed by atoms with Gasteiger partial charge in [-0.2, -0.15) is 9.97 Å². The second-order valence-electron chi connectivity index (χ2n) is 9.65. The van der Waals surface area contributed by atoms with Gasteiger partial charge < -0.3 is 39.2 Å². The fraction of sp³-hybridized carbons (Fsp3) is 0.500. The van der Waals surface area contributed by atoms with Crippen molar-refractivity contribution in [3.63, 3.8) is 0 Å². The molecule has 40 heavy (non-hydrogen) atoms. The number of imidazole rings is 1. The van der Waals surface area contributed by atoms with Crippen LogP contribution in [-0.4, -0.2) is 79.4 Å². The number of esters is 1. The van der Waals surface area contributed by atoms with Gasteiger partial charge in [0.1, 0.15) is 29.6 Å². The fourth-order valence-corrected chi connectivity index (χ4v) is 6.52. The predicted molar refractivity (Wildman–Crippen MR) is 148 cm³/mol. The zero-order valence-corrected chi connectivity index (χ0v) is 24.3. The lowest BCUT2D eigenvalue weighted by atomic mass is 9.96. The minimum Gasteiger partial charge on any atom is -0.479 e. The van der Waals surface area contributed by atoms with Gasteiger partial charge in [0, 0.05) is 0 Å². The van der Waals surface area contributed by atoms with Crippen molar-refractivity contribution in [1.29, 1.82) is 0 Å². The molecule has 3 aromatic rings. The van der Waals surface area contributed by atoms with E-state index in [4.69, 9.17) is 40.8 Å². The van der Waals surface area contributed by atoms with Gasteiger partial charge in [0.05, 0.1) is 26.1 Å². The Morgan fingerprint density at radius 2 is 2.00 bits per heavy atom. The van der Waals surface area contributed by atoms with E-state index in [0.29, 0.717) is 11.3 Å². The van der Waals surface area contributed by atoms with Crippen LogP contribution in [0.5, 0.6) is 11.6 Å². The molecule has 0 aliphatic carbocycles. The maximum Gasteiger partial charge on any atom is 0.323 e. The number of rotatable bonds is 11. The number of nitrogens with one attached hydrogen (secondary N) is 1. The van der Waals surface area contributed by atoms with Gasteiger partial charge >= 0.3 is 12.6 Å². The zero-order chi connectivity index (χ0) is 29.2. The molecule has 3 unspecified atom stereocenters. The third-order valence-corrected chi connectivity index (χ3v) is 8.54. The summed E-state index contributed by atoms with van der Waals surface area (Å²) in [5.41, 5.74) is 4.54. The summed E-state index contributed by atoms with van der Waals surface area (Å²) < 4.78 is 30.0. The summed E-state index contributed by atoms with van der Waals surface area (Å²) in [4.78, 5) is 24.9. The van der Waals surface area contributed by atoms with Gasteiger partial charge in [-0.05, 0) is 51.6 Å². The third kappa shape index (κ3) is 6.36. The molecule has 16 heteroatoms. The Bertz CT molecular complexity index is 1390. The molecule has 0 spiro atoms. The zero-order valence-electron chi connectivity index (χ0n) is 22.6. The maximum absolute atomic E-state index is 12.5. The molecule has 0 bridgehead atoms. The first-order valence-corrected chi connectivity index (χ1v) is 15.1. The summed E-state index contributed by atoms with van der Waals surface area (Å²) in [5, 5.41) is 25.3. The first-order valence-electron chi connectivity index (χ1n) is 12.4. The van der Waals surface area contributed by atoms with Crippen LogP contribution in [0.4, 0.5) is 5.95 Å². The Kier molecular flexibility index (Phi) is 8.95. The molecule has 3 heterocycles. The highest BCUT2D eigenvalue weighted by Crippen LogP contribution is 2.47. The van der Waals surface area contributed by atoms with Crippen LogP contribution in [0.2, 0.25) is 0 Å². The van der Waals surface area contributed by atoms with E-state index < -0.39 is 42.7 Å². The Morgan fingerprint density at radius 3 is 2.65 bits per heavy atom. The van der Waals surface area contributed by atoms with Crippen molar-refractivity contribution in [1.82, 2.24) is 24.6 Å². The van der Waals surface area contributed by atoms with E-state index >= 15 is 0 Å². The van der Waals surface area contributed by atoms with Gasteiger partial charge in [0.15, 0.2) is 17.4 Å². The molecule has 0 radical (unpaired) electrons. The second-order valence-corrected chi connectivity index (χ2v) is 12.8. The molecule has 1 saturated heterocycles. The number of aromatic nitrogens is 4. The first-order chi connectivity index (χ1) is 18.8. The molecule has 1 aliphatic heterocycles. The number of hydrogen-bond acceptors (Lipinski definition) is 13. The summed E-state index contributed by atoms with van der Waals surface area (Å²) in [6, 6.07) is 7.86. The van der Waals surface area contributed by atoms with Crippen LogP contribution in [0.15, 0.2) is 36.7 Å². The molecule has 2 aromatic heterocycles. The average Bonchev–Trinajstić information content (AvgIpc) is 3.40. The molecule has 218 valence electrons. The number of methoxy groups -OCH3 is 1. The monoisotopic (exact) mass is 596 g/mol. The summed E-state index contributed by atoms with van der Waals surface area (Å²) in [6.45, 7) is 2.76. The van der Waals surface area contributed by atoms with E-state index in [-0.39, 0.29) is 30.2 Å². The van der Waals surface area contributed by atoms with E-state index in [1.165, 1.54) is 24.9 Å². The number of nitrogens with two attached hydrogens (primary N) is 1. The number of aliphatic hydroxyl groups excluding tert-OH is 1. The number of nitrogens with zero attached hydrogens (tertiary/aromatic N) is 4. The molecule has 1 fully saturated rings. The Morgan fingerprint density at radius 1 is 1.30 bits per heavy atom. The predicted octanol–water partition coefficient (Wildman–Crippen LogP) is 1.68. The molecule has 6 atom stereocenters. The molecule has 0 saturated carbocycles. The molecule has 1 aromatic carbocycles. The number of carbonyl (C=O) groups excluding carboxylic acids is 1. The minimum absolute atomic E-state index is 0.0703. The molecule has 14 nitrogen and oxygen atoms in total. The van der Waals surface area contributed by atoms with Crippen molar-refractivity contribution >= 4 is 41.5 Å². The summed E-state index contributed by atoms with van der Waals surface area (Å²) in [5.74, 6) is -0.0432. The summed E-state index contributed by atoms with van der Waals surface area (Å²) in [7, 11) is 1.42. The molecule has 0 amide bonds. The number of anilines is 1. The fourth-order valence-electron chi connectivity index (χ4n) is 4.10. The highest BCUT2D eigenvalue weighted by atomic mass is 32.5. The number of hydrogen-bond donors (Lipinski definition) is 4. The first kappa shape index (κ1) is 30.1. The van der Waals surface area contributed by atoms with Crippen molar-refractivity contribution in [2.45, 2.75) is 63.9 Å². The lowest BCUT2D eigenvalue weighted by Crippen LogP contribution is -2.44. The largest absolute Gasteiger partial charge is 0.479 e. The summed E-state index contributed by atoms with van der Waals surface area (Å²) >= 11 is 5.73. The SMILES string of the molecule is COc1nc(N)nc2c1ncn2[C@@H]1O[C@H](COP(=S)(NC(C)C(=O)OC(C)C)Oc2ccccc2)[C@H](O)C1(C)O. The average molecular weight is 597 g/mol. The maximum atomic E-state index is 12.5. The molecule has 1 aliphatic rings. The van der Waals surface area contributed by atoms with Gasteiger partial charge in [0.25, 0.3) is 0 Å². The molecule has 4 rings (SSSR count). The Balaban J connectivity index is 1.56. The van der Waals surface area contributed by atoms with Crippen molar-refractivity contribution < 1.29 is 38.3 Å². The van der Waals surface area contributed by atoms with Crippen molar-refractivity contribution in [2.75, 3.05) is 19.5 Å². The van der Waals surface area contributed by atoms with Crippen LogP contribution >= 0.6 is 6.64 Å². The molecular formula is C24H33N6O8PS. The molecule has 5 N–H and O–H groups in total. The van der Waals surface area contributed by atoms with E-state index in [1.54, 1.807) is 45.0 Å². The topological polar surface area (TPSA) is 185 Å². The number of benzene rings is 1. The molecular weight excluding hydrogens is 563 g/mol. The van der Waals surface area contributed by atoms with Crippen LogP contribution in [0, 0.1) is 0 Å². The van der Waals surface area contributed by atoms with Crippen LogP contribution < -0.4 is 20.1 Å². The van der Waals surface area contributed by atoms with Gasteiger partial charge in [-0.15, -0.1) is 0 Å². The van der Waals surface area contributed by atoms with Crippen LogP contribution in [-0.2, 0) is 30.6 Å². The quantitative estimate of drug-likeness (QED) is 0.185. The van der Waals surface area contributed by atoms with E-state index in [1.807, 2.05) is 6.07 Å². The number of aliphatic hydroxyl groups is 2. The van der Waals surface area contributed by atoms with E-state index in [2.05, 4.69) is 20.0 Å². The van der Waals surface area contributed by atoms with Gasteiger partial charge in [-0.25, -0.2) is 10.1 Å². The minimum atomic E-state index is -3.41. The van der Waals surface area contributed by atoms with Crippen LogP contribution in [0.1, 0.15) is 33.9 Å². The number of nitrogen functional groups attached to an aromatic ring is 1. The Labute approximate surface area is 236 Å². The number of ether oxygens (including phenoxy) is 3. The van der Waals surface area contributed by atoms with Crippen molar-refractivity contribution in [3.8, 4) is 11.6 Å². The van der Waals surface area contributed by atoms with Gasteiger partial charge in [-0.3, -0.25) is 9.36 Å². The second kappa shape index (κ2) is 11.9. The standard InChI is InChI=1S/C24H33N6O8PS/c1-13(2)36-21(32)14(3)29-39(40,38-15-9-7-6-8-10-15)35-11-16-18(31)24(4,33)22(37-16)30-12-26-17-19(30)27-23(25)28-20(17)34-5/h6-10,12-14,16,18,22,31,33H,11H2,1-5H3,(H,29,40)(H2,25,27,28)/t14?,16-,18+,22-,24?,39?/m1/s1. The highest BCUT2D eigenvalue weighted by Gasteiger charge is 2.54. The van der Waals surface area contributed by atoms with Crippen LogP contribution in [0.3, 0.4) is 0 Å². The number of carbonyl (C=O) groups is 1. The van der Waals surface area contributed by atoms with Gasteiger partial charge in [-0.1, -0.05) is 18.2 Å². The highest BCUT2D eigenvalue weighted by molar-refractivity contribution is 8.09. The van der Waals surface area contributed by atoms with Crippen molar-refractivity contribution in [2.24, 2.45) is 0 Å². The smallest absolute Gasteiger partial charge is 0.323 e. The lowest BCUT2D eigenvalue weighted by Gasteiger charge is -2.28. The number of fused-ring (bicyclic) bond motifs is 1. The van der Waals surface area contributed by atoms with Gasteiger partial charge in [0.2, 0.25) is 11.8 Å². The summed E-state index contributed by atoms with van der Waals surface area (Å²) in [6.07, 6.45) is -2.56.